The summed E-state index contributed by atoms with van der Waals surface area (Å²) in [7, 11) is 0. The van der Waals surface area contributed by atoms with Crippen molar-refractivity contribution in [3.05, 3.63) is 65.6 Å². The van der Waals surface area contributed by atoms with Gasteiger partial charge in [-0.3, -0.25) is 4.68 Å². The number of pyridine rings is 1. The Morgan fingerprint density at radius 1 is 1.18 bits per heavy atom. The molecule has 0 atom stereocenters. The molecular weight excluding hydrogens is 490 g/mol. The molecule has 202 valence electrons. The van der Waals surface area contributed by atoms with Crippen molar-refractivity contribution in [3.63, 3.8) is 0 Å². The lowest BCUT2D eigenvalue weighted by Crippen LogP contribution is -2.63. The van der Waals surface area contributed by atoms with Crippen LogP contribution in [-0.4, -0.2) is 57.2 Å². The third-order valence-electron chi connectivity index (χ3n) is 7.77. The van der Waals surface area contributed by atoms with Crippen LogP contribution in [0.25, 0.3) is 5.65 Å². The number of nitriles is 1. The van der Waals surface area contributed by atoms with Crippen molar-refractivity contribution in [2.24, 2.45) is 0 Å². The Bertz CT molecular complexity index is 1470. The number of hydrogen-bond donors (Lipinski definition) is 2. The number of aromatic nitrogens is 5. The highest BCUT2D eigenvalue weighted by atomic mass is 16.5. The van der Waals surface area contributed by atoms with Gasteiger partial charge in [0.1, 0.15) is 5.54 Å². The quantitative estimate of drug-likeness (QED) is 0.391. The molecule has 3 aliphatic heterocycles. The van der Waals surface area contributed by atoms with E-state index < -0.39 is 0 Å². The van der Waals surface area contributed by atoms with Gasteiger partial charge in [0.05, 0.1) is 24.4 Å². The van der Waals surface area contributed by atoms with E-state index in [0.29, 0.717) is 25.5 Å². The van der Waals surface area contributed by atoms with Gasteiger partial charge in [-0.1, -0.05) is 13.0 Å². The second-order valence-corrected chi connectivity index (χ2v) is 10.5. The van der Waals surface area contributed by atoms with Crippen molar-refractivity contribution in [1.82, 2.24) is 29.7 Å². The molecule has 39 heavy (non-hydrogen) atoms. The summed E-state index contributed by atoms with van der Waals surface area (Å²) in [6.07, 6.45) is 10.8. The summed E-state index contributed by atoms with van der Waals surface area (Å²) in [6.45, 7) is 7.46. The number of anilines is 3. The first-order valence-electron chi connectivity index (χ1n) is 13.9. The zero-order valence-corrected chi connectivity index (χ0v) is 22.4. The smallest absolute Gasteiger partial charge is 0.247 e. The first kappa shape index (κ1) is 25.3. The number of ether oxygens (including phenoxy) is 1. The number of fused-ring (bicyclic) bond motifs is 2. The van der Waals surface area contributed by atoms with Crippen LogP contribution >= 0.6 is 0 Å². The Kier molecular flexibility index (Phi) is 7.18. The van der Waals surface area contributed by atoms with Crippen LogP contribution < -0.4 is 15.5 Å². The standard InChI is InChI=1S/C25H27N9.C4H8O/c1-2-18-13-28-34(15-18)25(8-9-26)16-32(17-25)22-4-3-11-33-23(22)30-24(31-33)29-21-6-5-20-14-27-10-7-19(20)12-21;1-2-4-5-3-1/h3-6,11-13,15,27H,2,7-8,10,14,16-17H2,1H3,(H,29,31);1-4H2. The molecule has 0 bridgehead atoms. The van der Waals surface area contributed by atoms with E-state index in [0.717, 1.165) is 56.2 Å². The Balaban J connectivity index is 0.000000500. The molecule has 0 amide bonds. The van der Waals surface area contributed by atoms with Gasteiger partial charge >= 0.3 is 0 Å². The molecule has 2 N–H and O–H groups in total. The number of rotatable bonds is 6. The molecule has 2 fully saturated rings. The Labute approximate surface area is 228 Å². The molecule has 0 saturated carbocycles. The maximum atomic E-state index is 9.49. The predicted molar refractivity (Wildman–Crippen MR) is 150 cm³/mol. The monoisotopic (exact) mass is 525 g/mol. The maximum absolute atomic E-state index is 9.49. The molecule has 3 aromatic heterocycles. The van der Waals surface area contributed by atoms with Crippen molar-refractivity contribution in [2.45, 2.75) is 51.1 Å². The molecule has 4 aromatic rings. The van der Waals surface area contributed by atoms with Gasteiger partial charge in [0.2, 0.25) is 5.95 Å². The molecule has 0 aliphatic carbocycles. The van der Waals surface area contributed by atoms with Crippen LogP contribution in [0.3, 0.4) is 0 Å². The lowest BCUT2D eigenvalue weighted by atomic mass is 9.86. The van der Waals surface area contributed by atoms with Gasteiger partial charge in [-0.15, -0.1) is 5.10 Å². The minimum absolute atomic E-state index is 0.311. The fourth-order valence-corrected chi connectivity index (χ4v) is 5.51. The molecule has 1 aromatic carbocycles. The van der Waals surface area contributed by atoms with Gasteiger partial charge in [-0.2, -0.15) is 15.3 Å². The summed E-state index contributed by atoms with van der Waals surface area (Å²) in [5, 5.41) is 25.5. The lowest BCUT2D eigenvalue weighted by molar-refractivity contribution is 0.198. The molecule has 0 radical (unpaired) electrons. The van der Waals surface area contributed by atoms with Gasteiger partial charge in [0.25, 0.3) is 0 Å². The Morgan fingerprint density at radius 2 is 2.05 bits per heavy atom. The van der Waals surface area contributed by atoms with Gasteiger partial charge in [-0.05, 0) is 73.2 Å². The molecule has 10 heteroatoms. The summed E-state index contributed by atoms with van der Waals surface area (Å²) in [5.41, 5.74) is 6.40. The summed E-state index contributed by atoms with van der Waals surface area (Å²) >= 11 is 0. The van der Waals surface area contributed by atoms with E-state index in [1.165, 1.54) is 29.5 Å². The fourth-order valence-electron chi connectivity index (χ4n) is 5.51. The van der Waals surface area contributed by atoms with Crippen LogP contribution in [-0.2, 0) is 29.7 Å². The fraction of sp³-hybridized carbons (Fsp3) is 0.448. The lowest BCUT2D eigenvalue weighted by Gasteiger charge is -2.50. The van der Waals surface area contributed by atoms with Crippen LogP contribution in [0.2, 0.25) is 0 Å². The highest BCUT2D eigenvalue weighted by molar-refractivity contribution is 5.72. The van der Waals surface area contributed by atoms with Gasteiger partial charge in [-0.25, -0.2) is 4.52 Å². The third-order valence-corrected chi connectivity index (χ3v) is 7.77. The first-order valence-corrected chi connectivity index (χ1v) is 13.9. The van der Waals surface area contributed by atoms with E-state index >= 15 is 0 Å². The number of hydrogen-bond acceptors (Lipinski definition) is 8. The largest absolute Gasteiger partial charge is 0.381 e. The van der Waals surface area contributed by atoms with E-state index in [4.69, 9.17) is 9.72 Å². The molecule has 3 aliphatic rings. The van der Waals surface area contributed by atoms with Crippen molar-refractivity contribution >= 4 is 23.0 Å². The predicted octanol–water partition coefficient (Wildman–Crippen LogP) is 3.80. The van der Waals surface area contributed by atoms with Crippen LogP contribution in [0.4, 0.5) is 17.3 Å². The van der Waals surface area contributed by atoms with Crippen molar-refractivity contribution < 1.29 is 4.74 Å². The highest BCUT2D eigenvalue weighted by Gasteiger charge is 2.46. The molecule has 0 unspecified atom stereocenters. The number of nitrogens with zero attached hydrogens (tertiary/aromatic N) is 7. The Morgan fingerprint density at radius 3 is 2.79 bits per heavy atom. The zero-order chi connectivity index (χ0) is 26.7. The minimum Gasteiger partial charge on any atom is -0.381 e. The summed E-state index contributed by atoms with van der Waals surface area (Å²) < 4.78 is 8.74. The molecule has 10 nitrogen and oxygen atoms in total. The zero-order valence-electron chi connectivity index (χ0n) is 22.4. The van der Waals surface area contributed by atoms with Crippen molar-refractivity contribution in [3.8, 4) is 6.07 Å². The van der Waals surface area contributed by atoms with Crippen LogP contribution in [0.1, 0.15) is 42.9 Å². The third kappa shape index (κ3) is 5.20. The van der Waals surface area contributed by atoms with Crippen LogP contribution in [0.5, 0.6) is 0 Å². The number of nitrogens with one attached hydrogen (secondary N) is 2. The topological polar surface area (TPSA) is 108 Å². The summed E-state index contributed by atoms with van der Waals surface area (Å²) in [6, 6.07) is 12.9. The minimum atomic E-state index is -0.311. The first-order chi connectivity index (χ1) is 19.2. The van der Waals surface area contributed by atoms with Crippen LogP contribution in [0, 0.1) is 11.3 Å². The average molecular weight is 526 g/mol. The second kappa shape index (κ2) is 11.0. The molecule has 2 saturated heterocycles. The normalized spacial score (nSPS) is 17.6. The van der Waals surface area contributed by atoms with E-state index in [1.807, 2.05) is 27.7 Å². The van der Waals surface area contributed by atoms with E-state index in [9.17, 15) is 5.26 Å². The highest BCUT2D eigenvalue weighted by Crippen LogP contribution is 2.37. The summed E-state index contributed by atoms with van der Waals surface area (Å²) in [4.78, 5) is 7.06. The SMILES string of the molecule is C1CCOC1.CCc1cnn(C2(CC#N)CN(c3cccn4nc(Nc5ccc6c(c5)CCNC6)nc34)C2)c1. The van der Waals surface area contributed by atoms with Gasteiger partial charge in [0, 0.05) is 50.9 Å². The van der Waals surface area contributed by atoms with Crippen molar-refractivity contribution in [2.75, 3.05) is 43.1 Å². The maximum Gasteiger partial charge on any atom is 0.247 e. The average Bonchev–Trinajstić information content (AvgIpc) is 3.73. The summed E-state index contributed by atoms with van der Waals surface area (Å²) in [5.74, 6) is 0.574. The second-order valence-electron chi connectivity index (χ2n) is 10.5. The molecule has 6 heterocycles. The number of benzene rings is 1. The number of aryl methyl sites for hydroxylation is 1. The molecule has 0 spiro atoms. The molecular formula is C29H35N9O. The van der Waals surface area contributed by atoms with E-state index in [1.54, 1.807) is 0 Å². The van der Waals surface area contributed by atoms with E-state index in [2.05, 4.69) is 69.2 Å². The van der Waals surface area contributed by atoms with E-state index in [-0.39, 0.29) is 5.54 Å². The molecule has 7 rings (SSSR count). The van der Waals surface area contributed by atoms with Gasteiger partial charge in [0.15, 0.2) is 5.65 Å². The van der Waals surface area contributed by atoms with Crippen molar-refractivity contribution in [1.29, 1.82) is 5.26 Å². The Hall–Kier alpha value is -3.94. The van der Waals surface area contributed by atoms with Crippen LogP contribution in [0.15, 0.2) is 48.9 Å². The van der Waals surface area contributed by atoms with Gasteiger partial charge < -0.3 is 20.3 Å².